The Morgan fingerprint density at radius 3 is 2.50 bits per heavy atom. The third-order valence-corrected chi connectivity index (χ3v) is 8.22. The molecule has 0 bridgehead atoms. The summed E-state index contributed by atoms with van der Waals surface area (Å²) in [6.07, 6.45) is 2.60. The highest BCUT2D eigenvalue weighted by atomic mass is 35.5. The summed E-state index contributed by atoms with van der Waals surface area (Å²) in [5, 5.41) is 11.2. The van der Waals surface area contributed by atoms with Gasteiger partial charge in [0.05, 0.1) is 40.5 Å². The Kier molecular flexibility index (Phi) is 12.4. The predicted octanol–water partition coefficient (Wildman–Crippen LogP) is 5.99. The van der Waals surface area contributed by atoms with Crippen molar-refractivity contribution in [1.82, 2.24) is 9.80 Å². The molecule has 4 atom stereocenters. The van der Waals surface area contributed by atoms with Crippen LogP contribution in [0.1, 0.15) is 56.0 Å². The van der Waals surface area contributed by atoms with Gasteiger partial charge in [0, 0.05) is 51.9 Å². The first-order valence-corrected chi connectivity index (χ1v) is 14.9. The van der Waals surface area contributed by atoms with Gasteiger partial charge in [0.25, 0.3) is 5.91 Å². The number of ether oxygens (including phenoxy) is 2. The molecule has 1 aliphatic rings. The minimum atomic E-state index is -0.370. The van der Waals surface area contributed by atoms with E-state index in [2.05, 4.69) is 18.9 Å². The zero-order valence-electron chi connectivity index (χ0n) is 24.7. The lowest BCUT2D eigenvalue weighted by Gasteiger charge is -2.36. The van der Waals surface area contributed by atoms with Crippen LogP contribution in [0.2, 0.25) is 10.0 Å². The highest BCUT2D eigenvalue weighted by Crippen LogP contribution is 2.29. The first-order chi connectivity index (χ1) is 19.0. The van der Waals surface area contributed by atoms with Crippen LogP contribution < -0.4 is 9.64 Å². The fraction of sp³-hybridized carbons (Fsp3) is 0.581. The predicted molar refractivity (Wildman–Crippen MR) is 164 cm³/mol. The number of rotatable bonds is 7. The second-order valence-corrected chi connectivity index (χ2v) is 12.1. The van der Waals surface area contributed by atoms with E-state index in [1.54, 1.807) is 4.90 Å². The second-order valence-electron chi connectivity index (χ2n) is 11.3. The Morgan fingerprint density at radius 1 is 1.07 bits per heavy atom. The Balaban J connectivity index is 1.89. The Hall–Kier alpha value is -2.03. The van der Waals surface area contributed by atoms with Gasteiger partial charge < -0.3 is 24.4 Å². The number of fused-ring (bicyclic) bond motifs is 1. The van der Waals surface area contributed by atoms with E-state index in [1.807, 2.05) is 69.2 Å². The van der Waals surface area contributed by atoms with Crippen LogP contribution >= 0.6 is 23.2 Å². The molecule has 1 amide bonds. The summed E-state index contributed by atoms with van der Waals surface area (Å²) in [4.78, 5) is 20.0. The fourth-order valence-electron chi connectivity index (χ4n) is 4.97. The maximum Gasteiger partial charge on any atom is 0.258 e. The van der Waals surface area contributed by atoms with Crippen molar-refractivity contribution in [2.24, 2.45) is 5.92 Å². The van der Waals surface area contributed by atoms with Crippen molar-refractivity contribution in [3.63, 3.8) is 0 Å². The molecule has 40 heavy (non-hydrogen) atoms. The number of nitrogens with zero attached hydrogens (tertiary/aromatic N) is 3. The van der Waals surface area contributed by atoms with Crippen molar-refractivity contribution in [2.45, 2.75) is 64.8 Å². The number of carbonyl (C=O) groups is 1. The molecule has 7 nitrogen and oxygen atoms in total. The van der Waals surface area contributed by atoms with E-state index in [1.165, 1.54) is 0 Å². The molecular formula is C31H45Cl2N3O4. The molecule has 0 aliphatic carbocycles. The van der Waals surface area contributed by atoms with E-state index in [9.17, 15) is 9.90 Å². The number of amides is 1. The summed E-state index contributed by atoms with van der Waals surface area (Å²) in [7, 11) is 5.96. The number of halogens is 2. The molecule has 0 aromatic heterocycles. The lowest BCUT2D eigenvalue weighted by Crippen LogP contribution is -2.47. The zero-order chi connectivity index (χ0) is 29.4. The van der Waals surface area contributed by atoms with Crippen LogP contribution in [0.15, 0.2) is 36.4 Å². The molecule has 0 spiro atoms. The number of anilines is 1. The topological polar surface area (TPSA) is 65.5 Å². The first kappa shape index (κ1) is 32.5. The van der Waals surface area contributed by atoms with Crippen LogP contribution in [0.5, 0.6) is 5.75 Å². The lowest BCUT2D eigenvalue weighted by molar-refractivity contribution is -0.0177. The number of likely N-dealkylation sites (N-methyl/N-ethyl adjacent to an activating group) is 1. The maximum absolute atomic E-state index is 14.1. The van der Waals surface area contributed by atoms with Gasteiger partial charge in [-0.3, -0.25) is 9.69 Å². The van der Waals surface area contributed by atoms with Crippen molar-refractivity contribution >= 4 is 34.8 Å². The standard InChI is InChI=1S/C31H45Cl2N3O4/c1-21-17-36(22(2)20-37)31(38)26-16-25(34(4)5)11-13-29(26)40-23(3)9-7-8-14-39-30(21)19-35(6)18-24-10-12-27(32)28(33)15-24/h10-13,15-16,21-23,30,37H,7-9,14,17-20H2,1-6H3/t21-,22+,23-,30+/m1/s1. The van der Waals surface area contributed by atoms with Crippen LogP contribution in [0.4, 0.5) is 5.69 Å². The zero-order valence-corrected chi connectivity index (χ0v) is 26.2. The first-order valence-electron chi connectivity index (χ1n) is 14.1. The van der Waals surface area contributed by atoms with Crippen molar-refractivity contribution in [3.8, 4) is 5.75 Å². The van der Waals surface area contributed by atoms with Crippen LogP contribution in [0.3, 0.4) is 0 Å². The van der Waals surface area contributed by atoms with Crippen molar-refractivity contribution in [3.05, 3.63) is 57.6 Å². The van der Waals surface area contributed by atoms with Gasteiger partial charge in [0.15, 0.2) is 0 Å². The SMILES string of the molecule is C[C@@H]1CCCCO[C@@H](CN(C)Cc2ccc(Cl)c(Cl)c2)[C@H](C)CN([C@@H](C)CO)C(=O)c2cc(N(C)C)ccc2O1. The summed E-state index contributed by atoms with van der Waals surface area (Å²) in [6, 6.07) is 11.1. The summed E-state index contributed by atoms with van der Waals surface area (Å²) in [5.41, 5.74) is 2.49. The van der Waals surface area contributed by atoms with Crippen LogP contribution in [-0.2, 0) is 11.3 Å². The van der Waals surface area contributed by atoms with Crippen molar-refractivity contribution in [1.29, 1.82) is 0 Å². The average Bonchev–Trinajstić information content (AvgIpc) is 2.91. The number of benzene rings is 2. The Bertz CT molecular complexity index is 1120. The molecular weight excluding hydrogens is 549 g/mol. The van der Waals surface area contributed by atoms with E-state index in [0.29, 0.717) is 47.6 Å². The molecule has 9 heteroatoms. The van der Waals surface area contributed by atoms with Crippen molar-refractivity contribution in [2.75, 3.05) is 52.3 Å². The quantitative estimate of drug-likeness (QED) is 0.425. The number of hydrogen-bond donors (Lipinski definition) is 1. The highest BCUT2D eigenvalue weighted by molar-refractivity contribution is 6.42. The summed E-state index contributed by atoms with van der Waals surface area (Å²) in [6.45, 7) is 8.33. The minimum absolute atomic E-state index is 0.0115. The number of aliphatic hydroxyl groups is 1. The average molecular weight is 595 g/mol. The van der Waals surface area contributed by atoms with Crippen LogP contribution in [-0.4, -0.2) is 86.5 Å². The molecule has 0 fully saturated rings. The molecule has 3 rings (SSSR count). The maximum atomic E-state index is 14.1. The number of aliphatic hydroxyl groups excluding tert-OH is 1. The summed E-state index contributed by atoms with van der Waals surface area (Å²) >= 11 is 12.3. The molecule has 222 valence electrons. The smallest absolute Gasteiger partial charge is 0.258 e. The van der Waals surface area contributed by atoms with Crippen LogP contribution in [0.25, 0.3) is 0 Å². The van der Waals surface area contributed by atoms with Crippen molar-refractivity contribution < 1.29 is 19.4 Å². The van der Waals surface area contributed by atoms with Gasteiger partial charge in [-0.15, -0.1) is 0 Å². The molecule has 1 aliphatic heterocycles. The van der Waals surface area contributed by atoms with E-state index in [4.69, 9.17) is 32.7 Å². The largest absolute Gasteiger partial charge is 0.490 e. The molecule has 0 radical (unpaired) electrons. The van der Waals surface area contributed by atoms with Gasteiger partial charge in [-0.1, -0.05) is 36.2 Å². The molecule has 2 aromatic carbocycles. The van der Waals surface area contributed by atoms with Gasteiger partial charge in [-0.2, -0.15) is 0 Å². The Labute approximate surface area is 249 Å². The normalized spacial score (nSPS) is 21.9. The minimum Gasteiger partial charge on any atom is -0.490 e. The Morgan fingerprint density at radius 2 is 1.82 bits per heavy atom. The summed E-state index contributed by atoms with van der Waals surface area (Å²) in [5.74, 6) is 0.439. The van der Waals surface area contributed by atoms with Gasteiger partial charge in [-0.25, -0.2) is 0 Å². The highest BCUT2D eigenvalue weighted by Gasteiger charge is 2.30. The van der Waals surface area contributed by atoms with E-state index in [-0.39, 0.29) is 36.7 Å². The molecule has 0 saturated carbocycles. The molecule has 0 saturated heterocycles. The van der Waals surface area contributed by atoms with Crippen LogP contribution in [0, 0.1) is 5.92 Å². The molecule has 1 N–H and O–H groups in total. The monoisotopic (exact) mass is 593 g/mol. The molecule has 2 aromatic rings. The number of hydrogen-bond acceptors (Lipinski definition) is 6. The van der Waals surface area contributed by atoms with E-state index in [0.717, 1.165) is 30.5 Å². The van der Waals surface area contributed by atoms with E-state index >= 15 is 0 Å². The second kappa shape index (κ2) is 15.3. The fourth-order valence-corrected chi connectivity index (χ4v) is 5.29. The van der Waals surface area contributed by atoms with Gasteiger partial charge in [0.2, 0.25) is 0 Å². The summed E-state index contributed by atoms with van der Waals surface area (Å²) < 4.78 is 12.8. The van der Waals surface area contributed by atoms with E-state index < -0.39 is 0 Å². The van der Waals surface area contributed by atoms with Gasteiger partial charge in [0.1, 0.15) is 5.75 Å². The number of carbonyl (C=O) groups excluding carboxylic acids is 1. The third-order valence-electron chi connectivity index (χ3n) is 7.48. The lowest BCUT2D eigenvalue weighted by atomic mass is 10.0. The van der Waals surface area contributed by atoms with Gasteiger partial charge >= 0.3 is 0 Å². The third kappa shape index (κ3) is 8.98. The molecule has 0 unspecified atom stereocenters. The van der Waals surface area contributed by atoms with Gasteiger partial charge in [-0.05, 0) is 76.1 Å². The molecule has 1 heterocycles.